The molecule has 0 amide bonds. The summed E-state index contributed by atoms with van der Waals surface area (Å²) in [4.78, 5) is 10.7. The highest BCUT2D eigenvalue weighted by atomic mass is 16.5. The van der Waals surface area contributed by atoms with Gasteiger partial charge in [0.05, 0.1) is 6.20 Å². The summed E-state index contributed by atoms with van der Waals surface area (Å²) in [5, 5.41) is 12.2. The number of nitrogens with zero attached hydrogens (tertiary/aromatic N) is 1. The fraction of sp³-hybridized carbons (Fsp3) is 0.0909. The molecule has 2 rings (SSSR count). The van der Waals surface area contributed by atoms with Crippen LogP contribution >= 0.6 is 0 Å². The lowest BCUT2D eigenvalue weighted by atomic mass is 10.3. The third-order valence-electron chi connectivity index (χ3n) is 1.99. The number of hydrogen-bond acceptors (Lipinski definition) is 4. The third-order valence-corrected chi connectivity index (χ3v) is 1.99. The molecule has 0 saturated carbocycles. The molecular weight excluding hydrogens is 210 g/mol. The predicted molar refractivity (Wildman–Crippen MR) is 54.2 cm³/mol. The minimum absolute atomic E-state index is 0.0240. The Labute approximate surface area is 91.3 Å². The summed E-state index contributed by atoms with van der Waals surface area (Å²) < 4.78 is 10.1. The minimum Gasteiger partial charge on any atom is -0.486 e. The number of carboxylic acids is 1. The molecule has 0 aliphatic rings. The summed E-state index contributed by atoms with van der Waals surface area (Å²) in [5.74, 6) is -0.223. The molecule has 1 aromatic carbocycles. The van der Waals surface area contributed by atoms with E-state index in [1.807, 2.05) is 18.2 Å². The lowest BCUT2D eigenvalue weighted by Crippen LogP contribution is -2.02. The van der Waals surface area contributed by atoms with Gasteiger partial charge in [0, 0.05) is 0 Å². The lowest BCUT2D eigenvalue weighted by Gasteiger charge is -2.03. The highest BCUT2D eigenvalue weighted by Gasteiger charge is 2.15. The first kappa shape index (κ1) is 10.2. The van der Waals surface area contributed by atoms with Crippen molar-refractivity contribution in [2.24, 2.45) is 0 Å². The van der Waals surface area contributed by atoms with Gasteiger partial charge >= 0.3 is 5.97 Å². The second kappa shape index (κ2) is 4.48. The molecule has 5 nitrogen and oxygen atoms in total. The van der Waals surface area contributed by atoms with Gasteiger partial charge in [-0.05, 0) is 12.1 Å². The van der Waals surface area contributed by atoms with Gasteiger partial charge in [-0.15, -0.1) is 0 Å². The van der Waals surface area contributed by atoms with Crippen LogP contribution in [0.25, 0.3) is 0 Å². The molecule has 0 aliphatic heterocycles. The van der Waals surface area contributed by atoms with E-state index in [0.29, 0.717) is 5.75 Å². The van der Waals surface area contributed by atoms with E-state index in [-0.39, 0.29) is 17.9 Å². The minimum atomic E-state index is -1.08. The second-order valence-electron chi connectivity index (χ2n) is 3.07. The van der Waals surface area contributed by atoms with Crippen molar-refractivity contribution in [3.63, 3.8) is 0 Å². The van der Waals surface area contributed by atoms with Crippen molar-refractivity contribution >= 4 is 5.97 Å². The Balaban J connectivity index is 2.05. The third kappa shape index (κ3) is 2.20. The number of carboxylic acid groups (broad SMARTS) is 1. The Kier molecular flexibility index (Phi) is 2.86. The molecule has 1 heterocycles. The van der Waals surface area contributed by atoms with Crippen LogP contribution in [0, 0.1) is 0 Å². The van der Waals surface area contributed by atoms with Crippen molar-refractivity contribution in [1.82, 2.24) is 5.16 Å². The van der Waals surface area contributed by atoms with Crippen LogP contribution in [-0.4, -0.2) is 16.2 Å². The molecule has 0 fully saturated rings. The largest absolute Gasteiger partial charge is 0.486 e. The number of carbonyl (C=O) groups is 1. The molecule has 2 aromatic rings. The molecule has 0 spiro atoms. The first-order chi connectivity index (χ1) is 7.77. The maximum atomic E-state index is 10.7. The van der Waals surface area contributed by atoms with Crippen molar-refractivity contribution in [1.29, 1.82) is 0 Å². The van der Waals surface area contributed by atoms with Crippen molar-refractivity contribution in [2.45, 2.75) is 6.61 Å². The summed E-state index contributed by atoms with van der Waals surface area (Å²) in [6.07, 6.45) is 1.16. The van der Waals surface area contributed by atoms with E-state index >= 15 is 0 Å². The Morgan fingerprint density at radius 1 is 1.38 bits per heavy atom. The quantitative estimate of drug-likeness (QED) is 0.850. The van der Waals surface area contributed by atoms with Crippen LogP contribution < -0.4 is 4.74 Å². The van der Waals surface area contributed by atoms with Gasteiger partial charge in [-0.1, -0.05) is 23.4 Å². The zero-order valence-electron chi connectivity index (χ0n) is 8.29. The van der Waals surface area contributed by atoms with Crippen LogP contribution in [0.4, 0.5) is 0 Å². The van der Waals surface area contributed by atoms with Gasteiger partial charge in [0.1, 0.15) is 17.9 Å². The van der Waals surface area contributed by atoms with Crippen LogP contribution in [0.15, 0.2) is 41.1 Å². The van der Waals surface area contributed by atoms with Gasteiger partial charge in [0.25, 0.3) is 0 Å². The molecule has 1 aromatic heterocycles. The van der Waals surface area contributed by atoms with E-state index in [1.54, 1.807) is 12.1 Å². The summed E-state index contributed by atoms with van der Waals surface area (Å²) in [7, 11) is 0. The summed E-state index contributed by atoms with van der Waals surface area (Å²) in [6, 6.07) is 9.07. The SMILES string of the molecule is O=C(O)c1cnoc1COc1ccccc1. The fourth-order valence-corrected chi connectivity index (χ4v) is 1.21. The number of para-hydroxylation sites is 1. The highest BCUT2D eigenvalue weighted by Crippen LogP contribution is 2.14. The van der Waals surface area contributed by atoms with E-state index in [1.165, 1.54) is 0 Å². The van der Waals surface area contributed by atoms with Crippen LogP contribution in [0.2, 0.25) is 0 Å². The molecule has 1 N–H and O–H groups in total. The summed E-state index contributed by atoms with van der Waals surface area (Å²) in [6.45, 7) is 0.0473. The van der Waals surface area contributed by atoms with Crippen LogP contribution in [-0.2, 0) is 6.61 Å². The van der Waals surface area contributed by atoms with Crippen molar-refractivity contribution < 1.29 is 19.2 Å². The first-order valence-electron chi connectivity index (χ1n) is 4.62. The summed E-state index contributed by atoms with van der Waals surface area (Å²) in [5.41, 5.74) is 0.0240. The molecule has 16 heavy (non-hydrogen) atoms. The van der Waals surface area contributed by atoms with Gasteiger partial charge in [-0.25, -0.2) is 4.79 Å². The van der Waals surface area contributed by atoms with Gasteiger partial charge in [-0.2, -0.15) is 0 Å². The topological polar surface area (TPSA) is 72.6 Å². The molecule has 82 valence electrons. The van der Waals surface area contributed by atoms with E-state index in [0.717, 1.165) is 6.20 Å². The monoisotopic (exact) mass is 219 g/mol. The number of aromatic carboxylic acids is 1. The van der Waals surface area contributed by atoms with Crippen LogP contribution in [0.1, 0.15) is 16.1 Å². The normalized spacial score (nSPS) is 10.0. The Hall–Kier alpha value is -2.30. The van der Waals surface area contributed by atoms with E-state index in [2.05, 4.69) is 5.16 Å². The van der Waals surface area contributed by atoms with Crippen molar-refractivity contribution in [3.8, 4) is 5.75 Å². The predicted octanol–water partition coefficient (Wildman–Crippen LogP) is 1.95. The molecule has 0 radical (unpaired) electrons. The maximum absolute atomic E-state index is 10.7. The number of benzene rings is 1. The lowest BCUT2D eigenvalue weighted by molar-refractivity contribution is 0.0691. The highest BCUT2D eigenvalue weighted by molar-refractivity contribution is 5.88. The van der Waals surface area contributed by atoms with Gasteiger partial charge in [0.15, 0.2) is 5.76 Å². The average molecular weight is 219 g/mol. The maximum Gasteiger partial charge on any atom is 0.341 e. The molecule has 0 aliphatic carbocycles. The Morgan fingerprint density at radius 3 is 2.81 bits per heavy atom. The second-order valence-corrected chi connectivity index (χ2v) is 3.07. The first-order valence-corrected chi connectivity index (χ1v) is 4.62. The zero-order valence-corrected chi connectivity index (χ0v) is 8.29. The van der Waals surface area contributed by atoms with E-state index in [4.69, 9.17) is 14.4 Å². The fourth-order valence-electron chi connectivity index (χ4n) is 1.21. The molecule has 0 atom stereocenters. The van der Waals surface area contributed by atoms with Gasteiger partial charge in [0.2, 0.25) is 0 Å². The number of aromatic nitrogens is 1. The van der Waals surface area contributed by atoms with E-state index < -0.39 is 5.97 Å². The van der Waals surface area contributed by atoms with E-state index in [9.17, 15) is 4.79 Å². The van der Waals surface area contributed by atoms with Gasteiger partial charge < -0.3 is 14.4 Å². The molecule has 0 bridgehead atoms. The smallest absolute Gasteiger partial charge is 0.341 e. The standard InChI is InChI=1S/C11H9NO4/c13-11(14)9-6-12-16-10(9)7-15-8-4-2-1-3-5-8/h1-6H,7H2,(H,13,14). The number of rotatable bonds is 4. The average Bonchev–Trinajstić information content (AvgIpc) is 2.76. The Morgan fingerprint density at radius 2 is 2.12 bits per heavy atom. The number of ether oxygens (including phenoxy) is 1. The number of hydrogen-bond donors (Lipinski definition) is 1. The zero-order chi connectivity index (χ0) is 11.4. The van der Waals surface area contributed by atoms with Crippen molar-refractivity contribution in [2.75, 3.05) is 0 Å². The van der Waals surface area contributed by atoms with Gasteiger partial charge in [-0.3, -0.25) is 0 Å². The van der Waals surface area contributed by atoms with Crippen LogP contribution in [0.3, 0.4) is 0 Å². The summed E-state index contributed by atoms with van der Waals surface area (Å²) >= 11 is 0. The molecule has 0 unspecified atom stereocenters. The van der Waals surface area contributed by atoms with Crippen molar-refractivity contribution in [3.05, 3.63) is 47.9 Å². The molecule has 0 saturated heterocycles. The Bertz CT molecular complexity index is 478. The van der Waals surface area contributed by atoms with Crippen LogP contribution in [0.5, 0.6) is 5.75 Å². The molecule has 5 heteroatoms. The molecular formula is C11H9NO4.